The number of hydrogen-bond acceptors (Lipinski definition) is 4. The summed E-state index contributed by atoms with van der Waals surface area (Å²) in [6, 6.07) is 8.39. The molecule has 0 aliphatic carbocycles. The third-order valence-electron chi connectivity index (χ3n) is 3.66. The number of carbonyl (C=O) groups excluding carboxylic acids is 2. The van der Waals surface area contributed by atoms with Crippen LogP contribution in [-0.2, 0) is 20.7 Å². The summed E-state index contributed by atoms with van der Waals surface area (Å²) in [7, 11) is 0. The molecule has 1 aromatic carbocycles. The summed E-state index contributed by atoms with van der Waals surface area (Å²) in [4.78, 5) is 26.1. The summed E-state index contributed by atoms with van der Waals surface area (Å²) in [5, 5.41) is 0. The third kappa shape index (κ3) is 3.95. The summed E-state index contributed by atoms with van der Waals surface area (Å²) in [5.41, 5.74) is 7.05. The van der Waals surface area contributed by atoms with Gasteiger partial charge in [0.05, 0.1) is 12.6 Å². The predicted molar refractivity (Wildman–Crippen MR) is 84.0 cm³/mol. The van der Waals surface area contributed by atoms with Crippen LogP contribution < -0.4 is 5.73 Å². The molecule has 0 fully saturated rings. The largest absolute Gasteiger partial charge is 0.464 e. The van der Waals surface area contributed by atoms with E-state index in [2.05, 4.69) is 0 Å². The van der Waals surface area contributed by atoms with E-state index < -0.39 is 12.1 Å². The van der Waals surface area contributed by atoms with Crippen LogP contribution in [0.1, 0.15) is 18.9 Å². The Bertz CT molecular complexity index is 542. The van der Waals surface area contributed by atoms with Gasteiger partial charge >= 0.3 is 5.97 Å². The first-order chi connectivity index (χ1) is 10.6. The van der Waals surface area contributed by atoms with E-state index in [1.165, 1.54) is 4.90 Å². The van der Waals surface area contributed by atoms with Crippen molar-refractivity contribution in [3.05, 3.63) is 48.0 Å². The van der Waals surface area contributed by atoms with Crippen molar-refractivity contribution in [2.45, 2.75) is 31.8 Å². The molecular weight excluding hydrogens is 280 g/mol. The second-order valence-electron chi connectivity index (χ2n) is 5.26. The van der Waals surface area contributed by atoms with Gasteiger partial charge in [0.25, 0.3) is 0 Å². The van der Waals surface area contributed by atoms with Crippen LogP contribution in [0.3, 0.4) is 0 Å². The molecule has 0 aromatic heterocycles. The highest BCUT2D eigenvalue weighted by Crippen LogP contribution is 2.15. The number of hydrogen-bond donors (Lipinski definition) is 1. The molecule has 2 atom stereocenters. The zero-order chi connectivity index (χ0) is 15.9. The SMILES string of the molecule is CCOC(=O)[C@H]1CC=CCN1C(=O)[C@@H](N)Cc1ccccc1. The highest BCUT2D eigenvalue weighted by atomic mass is 16.5. The van der Waals surface area contributed by atoms with Crippen molar-refractivity contribution in [1.29, 1.82) is 0 Å². The average Bonchev–Trinajstić information content (AvgIpc) is 2.55. The van der Waals surface area contributed by atoms with Gasteiger partial charge in [-0.15, -0.1) is 0 Å². The van der Waals surface area contributed by atoms with Crippen molar-refractivity contribution >= 4 is 11.9 Å². The number of ether oxygens (including phenoxy) is 1. The maximum atomic E-state index is 12.6. The normalized spacial score (nSPS) is 18.8. The number of nitrogens with zero attached hydrogens (tertiary/aromatic N) is 1. The van der Waals surface area contributed by atoms with Crippen LogP contribution in [0.5, 0.6) is 0 Å². The van der Waals surface area contributed by atoms with E-state index in [0.717, 1.165) is 5.56 Å². The van der Waals surface area contributed by atoms with Crippen molar-refractivity contribution in [2.24, 2.45) is 5.73 Å². The number of amides is 1. The molecule has 2 rings (SSSR count). The van der Waals surface area contributed by atoms with Gasteiger partial charge in [-0.1, -0.05) is 42.5 Å². The fraction of sp³-hybridized carbons (Fsp3) is 0.412. The van der Waals surface area contributed by atoms with E-state index in [0.29, 0.717) is 26.0 Å². The minimum atomic E-state index is -0.661. The molecule has 0 saturated heterocycles. The molecule has 2 N–H and O–H groups in total. The molecular formula is C17H22N2O3. The van der Waals surface area contributed by atoms with E-state index in [-0.39, 0.29) is 11.9 Å². The van der Waals surface area contributed by atoms with Crippen molar-refractivity contribution in [3.63, 3.8) is 0 Å². The smallest absolute Gasteiger partial charge is 0.329 e. The van der Waals surface area contributed by atoms with Crippen molar-refractivity contribution < 1.29 is 14.3 Å². The number of benzene rings is 1. The maximum Gasteiger partial charge on any atom is 0.329 e. The van der Waals surface area contributed by atoms with Crippen LogP contribution in [0.15, 0.2) is 42.5 Å². The average molecular weight is 302 g/mol. The lowest BCUT2D eigenvalue weighted by molar-refractivity contribution is -0.155. The first-order valence-corrected chi connectivity index (χ1v) is 7.55. The molecule has 0 spiro atoms. The fourth-order valence-corrected chi connectivity index (χ4v) is 2.54. The van der Waals surface area contributed by atoms with Gasteiger partial charge in [0.15, 0.2) is 0 Å². The van der Waals surface area contributed by atoms with Gasteiger partial charge in [-0.25, -0.2) is 4.79 Å². The molecule has 1 heterocycles. The molecule has 0 radical (unpaired) electrons. The minimum absolute atomic E-state index is 0.216. The van der Waals surface area contributed by atoms with Crippen LogP contribution in [0.25, 0.3) is 0 Å². The molecule has 0 unspecified atom stereocenters. The highest BCUT2D eigenvalue weighted by molar-refractivity contribution is 5.88. The van der Waals surface area contributed by atoms with Crippen molar-refractivity contribution in [2.75, 3.05) is 13.2 Å². The van der Waals surface area contributed by atoms with Crippen LogP contribution >= 0.6 is 0 Å². The topological polar surface area (TPSA) is 72.6 Å². The fourth-order valence-electron chi connectivity index (χ4n) is 2.54. The predicted octanol–water partition coefficient (Wildman–Crippen LogP) is 1.28. The van der Waals surface area contributed by atoms with Crippen molar-refractivity contribution in [1.82, 2.24) is 4.90 Å². The Morgan fingerprint density at radius 2 is 2.05 bits per heavy atom. The van der Waals surface area contributed by atoms with Gasteiger partial charge in [0.2, 0.25) is 5.91 Å². The molecule has 1 amide bonds. The lowest BCUT2D eigenvalue weighted by Gasteiger charge is -2.33. The maximum absolute atomic E-state index is 12.6. The number of esters is 1. The van der Waals surface area contributed by atoms with Gasteiger partial charge < -0.3 is 15.4 Å². The Kier molecular flexibility index (Phi) is 5.72. The quantitative estimate of drug-likeness (QED) is 0.657. The van der Waals surface area contributed by atoms with Gasteiger partial charge in [0.1, 0.15) is 6.04 Å². The van der Waals surface area contributed by atoms with Crippen LogP contribution in [-0.4, -0.2) is 42.0 Å². The van der Waals surface area contributed by atoms with E-state index in [1.54, 1.807) is 6.92 Å². The third-order valence-corrected chi connectivity index (χ3v) is 3.66. The summed E-state index contributed by atoms with van der Waals surface area (Å²) in [6.07, 6.45) is 4.70. The molecule has 0 bridgehead atoms. The molecule has 1 aromatic rings. The van der Waals surface area contributed by atoms with Gasteiger partial charge in [-0.3, -0.25) is 4.79 Å². The Morgan fingerprint density at radius 1 is 1.32 bits per heavy atom. The Labute approximate surface area is 130 Å². The van der Waals surface area contributed by atoms with Gasteiger partial charge in [-0.05, 0) is 25.3 Å². The Hall–Kier alpha value is -2.14. The Balaban J connectivity index is 2.05. The standard InChI is InChI=1S/C17H22N2O3/c1-2-22-17(21)15-10-6-7-11-19(15)16(20)14(18)12-13-8-4-3-5-9-13/h3-9,14-15H,2,10-12,18H2,1H3/t14-,15+/m0/s1. The zero-order valence-electron chi connectivity index (χ0n) is 12.8. The monoisotopic (exact) mass is 302 g/mol. The van der Waals surface area contributed by atoms with Gasteiger partial charge in [-0.2, -0.15) is 0 Å². The molecule has 0 saturated carbocycles. The summed E-state index contributed by atoms with van der Waals surface area (Å²) in [5.74, 6) is -0.585. The number of nitrogens with two attached hydrogens (primary N) is 1. The number of carbonyl (C=O) groups is 2. The van der Waals surface area contributed by atoms with E-state index in [1.807, 2.05) is 42.5 Å². The number of rotatable bonds is 5. The summed E-state index contributed by atoms with van der Waals surface area (Å²) in [6.45, 7) is 2.45. The summed E-state index contributed by atoms with van der Waals surface area (Å²) >= 11 is 0. The molecule has 22 heavy (non-hydrogen) atoms. The van der Waals surface area contributed by atoms with E-state index in [4.69, 9.17) is 10.5 Å². The first kappa shape index (κ1) is 16.2. The van der Waals surface area contributed by atoms with Crippen LogP contribution in [0.4, 0.5) is 0 Å². The Morgan fingerprint density at radius 3 is 2.73 bits per heavy atom. The highest BCUT2D eigenvalue weighted by Gasteiger charge is 2.33. The van der Waals surface area contributed by atoms with Crippen LogP contribution in [0, 0.1) is 0 Å². The molecule has 1 aliphatic rings. The second kappa shape index (κ2) is 7.75. The molecule has 5 nitrogen and oxygen atoms in total. The first-order valence-electron chi connectivity index (χ1n) is 7.55. The molecule has 118 valence electrons. The molecule has 1 aliphatic heterocycles. The lowest BCUT2D eigenvalue weighted by Crippen LogP contribution is -2.53. The lowest BCUT2D eigenvalue weighted by atomic mass is 10.0. The van der Waals surface area contributed by atoms with E-state index >= 15 is 0 Å². The van der Waals surface area contributed by atoms with Crippen molar-refractivity contribution in [3.8, 4) is 0 Å². The second-order valence-corrected chi connectivity index (χ2v) is 5.26. The zero-order valence-corrected chi connectivity index (χ0v) is 12.8. The summed E-state index contributed by atoms with van der Waals surface area (Å²) < 4.78 is 5.05. The van der Waals surface area contributed by atoms with Gasteiger partial charge in [0, 0.05) is 6.54 Å². The van der Waals surface area contributed by atoms with E-state index in [9.17, 15) is 9.59 Å². The minimum Gasteiger partial charge on any atom is -0.464 e. The van der Waals surface area contributed by atoms with Crippen LogP contribution in [0.2, 0.25) is 0 Å². The molecule has 5 heteroatoms.